The molecule has 0 atom stereocenters. The van der Waals surface area contributed by atoms with Crippen molar-refractivity contribution in [2.75, 3.05) is 7.11 Å². The minimum absolute atomic E-state index is 0.0599. The monoisotopic (exact) mass is 217 g/mol. The van der Waals surface area contributed by atoms with Gasteiger partial charge in [-0.3, -0.25) is 4.98 Å². The third-order valence-corrected chi connectivity index (χ3v) is 1.87. The highest BCUT2D eigenvalue weighted by Crippen LogP contribution is 2.26. The SMILES string of the molecule is COc1c(Br)cncc1CO. The van der Waals surface area contributed by atoms with Crippen molar-refractivity contribution < 1.29 is 9.84 Å². The number of rotatable bonds is 2. The zero-order valence-electron chi connectivity index (χ0n) is 6.04. The lowest BCUT2D eigenvalue weighted by Gasteiger charge is -2.06. The first kappa shape index (κ1) is 8.49. The molecular weight excluding hydrogens is 210 g/mol. The molecule has 1 aromatic rings. The van der Waals surface area contributed by atoms with Crippen molar-refractivity contribution in [3.63, 3.8) is 0 Å². The third-order valence-electron chi connectivity index (χ3n) is 1.30. The fraction of sp³-hybridized carbons (Fsp3) is 0.286. The maximum absolute atomic E-state index is 8.83. The van der Waals surface area contributed by atoms with Gasteiger partial charge in [-0.2, -0.15) is 0 Å². The topological polar surface area (TPSA) is 42.4 Å². The van der Waals surface area contributed by atoms with Gasteiger partial charge in [0.15, 0.2) is 0 Å². The van der Waals surface area contributed by atoms with Crippen molar-refractivity contribution in [2.45, 2.75) is 6.61 Å². The number of hydrogen-bond donors (Lipinski definition) is 1. The van der Waals surface area contributed by atoms with E-state index in [0.717, 1.165) is 4.47 Å². The van der Waals surface area contributed by atoms with E-state index in [0.29, 0.717) is 11.3 Å². The molecule has 1 N–H and O–H groups in total. The van der Waals surface area contributed by atoms with Crippen LogP contribution in [0.15, 0.2) is 16.9 Å². The van der Waals surface area contributed by atoms with Crippen LogP contribution in [-0.4, -0.2) is 17.2 Å². The summed E-state index contributed by atoms with van der Waals surface area (Å²) in [5, 5.41) is 8.83. The average molecular weight is 218 g/mol. The Balaban J connectivity index is 3.13. The van der Waals surface area contributed by atoms with E-state index in [-0.39, 0.29) is 6.61 Å². The maximum atomic E-state index is 8.83. The van der Waals surface area contributed by atoms with Gasteiger partial charge in [0.05, 0.1) is 18.2 Å². The average Bonchev–Trinajstić information content (AvgIpc) is 2.04. The number of aliphatic hydroxyl groups is 1. The molecule has 60 valence electrons. The van der Waals surface area contributed by atoms with Gasteiger partial charge in [-0.05, 0) is 15.9 Å². The van der Waals surface area contributed by atoms with Gasteiger partial charge in [-0.25, -0.2) is 0 Å². The van der Waals surface area contributed by atoms with E-state index in [1.165, 1.54) is 0 Å². The zero-order valence-corrected chi connectivity index (χ0v) is 7.63. The minimum atomic E-state index is -0.0599. The first-order valence-corrected chi connectivity index (χ1v) is 3.86. The van der Waals surface area contributed by atoms with Crippen LogP contribution in [0.5, 0.6) is 5.75 Å². The lowest BCUT2D eigenvalue weighted by molar-refractivity contribution is 0.273. The number of aliphatic hydroxyl groups excluding tert-OH is 1. The number of nitrogens with zero attached hydrogens (tertiary/aromatic N) is 1. The van der Waals surface area contributed by atoms with Crippen molar-refractivity contribution in [1.82, 2.24) is 4.98 Å². The fourth-order valence-electron chi connectivity index (χ4n) is 0.805. The van der Waals surface area contributed by atoms with Gasteiger partial charge < -0.3 is 9.84 Å². The van der Waals surface area contributed by atoms with Crippen LogP contribution in [0.3, 0.4) is 0 Å². The minimum Gasteiger partial charge on any atom is -0.495 e. The number of hydrogen-bond acceptors (Lipinski definition) is 3. The van der Waals surface area contributed by atoms with Crippen LogP contribution < -0.4 is 4.74 Å². The van der Waals surface area contributed by atoms with E-state index in [1.807, 2.05) is 0 Å². The van der Waals surface area contributed by atoms with Gasteiger partial charge in [-0.1, -0.05) is 0 Å². The molecule has 3 nitrogen and oxygen atoms in total. The van der Waals surface area contributed by atoms with Crippen LogP contribution in [0, 0.1) is 0 Å². The van der Waals surface area contributed by atoms with Gasteiger partial charge >= 0.3 is 0 Å². The van der Waals surface area contributed by atoms with Crippen molar-refractivity contribution in [3.05, 3.63) is 22.4 Å². The summed E-state index contributed by atoms with van der Waals surface area (Å²) in [4.78, 5) is 3.88. The van der Waals surface area contributed by atoms with Crippen LogP contribution in [0.4, 0.5) is 0 Å². The summed E-state index contributed by atoms with van der Waals surface area (Å²) in [6.45, 7) is -0.0599. The van der Waals surface area contributed by atoms with Gasteiger partial charge in [-0.15, -0.1) is 0 Å². The highest BCUT2D eigenvalue weighted by atomic mass is 79.9. The Hall–Kier alpha value is -0.610. The number of pyridine rings is 1. The molecule has 0 amide bonds. The predicted octanol–water partition coefficient (Wildman–Crippen LogP) is 1.34. The molecule has 4 heteroatoms. The number of aromatic nitrogens is 1. The van der Waals surface area contributed by atoms with Crippen LogP contribution in [-0.2, 0) is 6.61 Å². The van der Waals surface area contributed by atoms with E-state index in [4.69, 9.17) is 9.84 Å². The van der Waals surface area contributed by atoms with Crippen LogP contribution in [0.25, 0.3) is 0 Å². The lowest BCUT2D eigenvalue weighted by Crippen LogP contribution is -1.93. The predicted molar refractivity (Wildman–Crippen MR) is 44.4 cm³/mol. The molecule has 0 aliphatic carbocycles. The summed E-state index contributed by atoms with van der Waals surface area (Å²) in [5.41, 5.74) is 0.682. The van der Waals surface area contributed by atoms with Crippen molar-refractivity contribution in [1.29, 1.82) is 0 Å². The summed E-state index contributed by atoms with van der Waals surface area (Å²) in [6.07, 6.45) is 3.20. The lowest BCUT2D eigenvalue weighted by atomic mass is 10.3. The second-order valence-corrected chi connectivity index (χ2v) is 2.83. The molecule has 11 heavy (non-hydrogen) atoms. The van der Waals surface area contributed by atoms with Crippen molar-refractivity contribution >= 4 is 15.9 Å². The van der Waals surface area contributed by atoms with Crippen LogP contribution in [0.1, 0.15) is 5.56 Å². The highest BCUT2D eigenvalue weighted by Gasteiger charge is 2.05. The summed E-state index contributed by atoms with van der Waals surface area (Å²) in [5.74, 6) is 0.641. The molecule has 0 saturated carbocycles. The van der Waals surface area contributed by atoms with Gasteiger partial charge in [0, 0.05) is 18.0 Å². The molecule has 0 fully saturated rings. The molecule has 0 unspecified atom stereocenters. The molecule has 1 rings (SSSR count). The summed E-state index contributed by atoms with van der Waals surface area (Å²) in [6, 6.07) is 0. The number of ether oxygens (including phenoxy) is 1. The Labute approximate surface area is 73.2 Å². The first-order chi connectivity index (χ1) is 5.29. The largest absolute Gasteiger partial charge is 0.495 e. The van der Waals surface area contributed by atoms with E-state index >= 15 is 0 Å². The Kier molecular flexibility index (Phi) is 2.84. The Morgan fingerprint density at radius 3 is 2.82 bits per heavy atom. The molecule has 0 aliphatic rings. The van der Waals surface area contributed by atoms with Gasteiger partial charge in [0.25, 0.3) is 0 Å². The Morgan fingerprint density at radius 2 is 2.36 bits per heavy atom. The van der Waals surface area contributed by atoms with Gasteiger partial charge in [0.1, 0.15) is 5.75 Å². The molecule has 1 aromatic heterocycles. The summed E-state index contributed by atoms with van der Waals surface area (Å²) >= 11 is 3.25. The maximum Gasteiger partial charge on any atom is 0.141 e. The van der Waals surface area contributed by atoms with E-state index < -0.39 is 0 Å². The first-order valence-electron chi connectivity index (χ1n) is 3.06. The molecular formula is C7H8BrNO2. The molecule has 0 bridgehead atoms. The molecule has 0 aromatic carbocycles. The van der Waals surface area contributed by atoms with E-state index in [2.05, 4.69) is 20.9 Å². The van der Waals surface area contributed by atoms with Crippen molar-refractivity contribution in [3.8, 4) is 5.75 Å². The Bertz CT molecular complexity index is 252. The quantitative estimate of drug-likeness (QED) is 0.814. The molecule has 0 saturated heterocycles. The van der Waals surface area contributed by atoms with Crippen LogP contribution >= 0.6 is 15.9 Å². The summed E-state index contributed by atoms with van der Waals surface area (Å²) < 4.78 is 5.78. The fourth-order valence-corrected chi connectivity index (χ4v) is 1.34. The third kappa shape index (κ3) is 1.70. The van der Waals surface area contributed by atoms with Crippen molar-refractivity contribution in [2.24, 2.45) is 0 Å². The van der Waals surface area contributed by atoms with E-state index in [1.54, 1.807) is 19.5 Å². The summed E-state index contributed by atoms with van der Waals surface area (Å²) in [7, 11) is 1.55. The second-order valence-electron chi connectivity index (χ2n) is 1.97. The molecule has 1 heterocycles. The second kappa shape index (κ2) is 3.69. The Morgan fingerprint density at radius 1 is 1.64 bits per heavy atom. The number of methoxy groups -OCH3 is 1. The molecule has 0 radical (unpaired) electrons. The zero-order chi connectivity index (χ0) is 8.27. The van der Waals surface area contributed by atoms with Crippen LogP contribution in [0.2, 0.25) is 0 Å². The normalized spacial score (nSPS) is 9.73. The molecule has 0 aliphatic heterocycles. The van der Waals surface area contributed by atoms with Gasteiger partial charge in [0.2, 0.25) is 0 Å². The number of halogens is 1. The van der Waals surface area contributed by atoms with E-state index in [9.17, 15) is 0 Å². The molecule has 0 spiro atoms. The standard InChI is InChI=1S/C7H8BrNO2/c1-11-7-5(4-10)2-9-3-6(7)8/h2-3,10H,4H2,1H3. The smallest absolute Gasteiger partial charge is 0.141 e. The highest BCUT2D eigenvalue weighted by molar-refractivity contribution is 9.10.